The van der Waals surface area contributed by atoms with Gasteiger partial charge in [0.2, 0.25) is 5.96 Å². The molecule has 0 saturated carbocycles. The van der Waals surface area contributed by atoms with Gasteiger partial charge in [-0.15, -0.1) is 0 Å². The zero-order valence-corrected chi connectivity index (χ0v) is 5.02. The minimum atomic E-state index is 0.246. The maximum absolute atomic E-state index is 5.30. The van der Waals surface area contributed by atoms with Crippen LogP contribution >= 0.6 is 0 Å². The van der Waals surface area contributed by atoms with Crippen LogP contribution in [0.3, 0.4) is 0 Å². The lowest BCUT2D eigenvalue weighted by Crippen LogP contribution is -2.17. The van der Waals surface area contributed by atoms with Crippen LogP contribution in [-0.4, -0.2) is 15.9 Å². The number of nitrogens with two attached hydrogens (primary N) is 1. The molecule has 0 unspecified atom stereocenters. The van der Waals surface area contributed by atoms with Crippen molar-refractivity contribution in [3.05, 3.63) is 12.5 Å². The molecule has 0 spiro atoms. The number of nitrogens with zero attached hydrogens (tertiary/aromatic N) is 4. The largest absolute Gasteiger partial charge is 0.368 e. The number of aliphatic imine (C=N–C) groups is 1. The summed E-state index contributed by atoms with van der Waals surface area (Å²) < 4.78 is 0. The van der Waals surface area contributed by atoms with Crippen LogP contribution in [0.5, 0.6) is 0 Å². The number of hydrogen-bond acceptors (Lipinski definition) is 4. The molecule has 0 bridgehead atoms. The fourth-order valence-electron chi connectivity index (χ4n) is 0.738. The van der Waals surface area contributed by atoms with Crippen LogP contribution < -0.4 is 11.1 Å². The van der Waals surface area contributed by atoms with Gasteiger partial charge in [-0.3, -0.25) is 0 Å². The Hall–Kier alpha value is -1.65. The Morgan fingerprint density at radius 2 is 2.30 bits per heavy atom. The average molecular weight is 134 g/mol. The van der Waals surface area contributed by atoms with E-state index < -0.39 is 0 Å². The van der Waals surface area contributed by atoms with Gasteiger partial charge in [0.25, 0.3) is 0 Å². The number of rotatable bonds is 0. The van der Waals surface area contributed by atoms with Crippen molar-refractivity contribution in [2.45, 2.75) is 0 Å². The molecule has 5 nitrogen and oxygen atoms in total. The van der Waals surface area contributed by atoms with Crippen LogP contribution in [0.25, 0.3) is 0 Å². The third kappa shape index (κ3) is 0.604. The summed E-state index contributed by atoms with van der Waals surface area (Å²) in [5, 5.41) is 3.83. The molecular weight excluding hydrogens is 130 g/mol. The SMILES string of the molecule is NC1=Nc2cncnc2[N]1. The van der Waals surface area contributed by atoms with Crippen LogP contribution in [0.2, 0.25) is 0 Å². The second kappa shape index (κ2) is 1.66. The molecule has 2 heterocycles. The minimum absolute atomic E-state index is 0.246. The fourth-order valence-corrected chi connectivity index (χ4v) is 0.738. The van der Waals surface area contributed by atoms with E-state index in [9.17, 15) is 0 Å². The molecule has 0 amide bonds. The predicted octanol–water partition coefficient (Wildman–Crippen LogP) is -0.328. The minimum Gasteiger partial charge on any atom is -0.368 e. The first-order valence-corrected chi connectivity index (χ1v) is 2.72. The quantitative estimate of drug-likeness (QED) is 0.527. The summed E-state index contributed by atoms with van der Waals surface area (Å²) in [6, 6.07) is 0. The van der Waals surface area contributed by atoms with E-state index >= 15 is 0 Å². The number of guanidine groups is 1. The van der Waals surface area contributed by atoms with E-state index in [-0.39, 0.29) is 5.96 Å². The van der Waals surface area contributed by atoms with Crippen molar-refractivity contribution < 1.29 is 0 Å². The first-order valence-electron chi connectivity index (χ1n) is 2.72. The van der Waals surface area contributed by atoms with Gasteiger partial charge in [-0.1, -0.05) is 0 Å². The van der Waals surface area contributed by atoms with Crippen LogP contribution in [0.1, 0.15) is 0 Å². The van der Waals surface area contributed by atoms with Crippen LogP contribution in [0, 0.1) is 0 Å². The van der Waals surface area contributed by atoms with Gasteiger partial charge < -0.3 is 5.73 Å². The Morgan fingerprint density at radius 3 is 3.10 bits per heavy atom. The Kier molecular flexibility index (Phi) is 0.858. The van der Waals surface area contributed by atoms with Gasteiger partial charge in [-0.25, -0.2) is 15.0 Å². The second-order valence-corrected chi connectivity index (χ2v) is 1.81. The summed E-state index contributed by atoms with van der Waals surface area (Å²) in [5.41, 5.74) is 5.94. The normalized spacial score (nSPS) is 13.8. The zero-order chi connectivity index (χ0) is 6.97. The van der Waals surface area contributed by atoms with Crippen molar-refractivity contribution in [2.75, 3.05) is 0 Å². The molecule has 0 atom stereocenters. The molecule has 1 aliphatic rings. The van der Waals surface area contributed by atoms with E-state index in [2.05, 4.69) is 20.3 Å². The maximum Gasteiger partial charge on any atom is 0.222 e. The molecule has 1 aliphatic heterocycles. The summed E-state index contributed by atoms with van der Waals surface area (Å²) in [4.78, 5) is 11.4. The Balaban J connectivity index is 2.54. The summed E-state index contributed by atoms with van der Waals surface area (Å²) in [6.07, 6.45) is 2.99. The van der Waals surface area contributed by atoms with Gasteiger partial charge in [0.05, 0.1) is 6.20 Å². The number of aromatic nitrogens is 2. The summed E-state index contributed by atoms with van der Waals surface area (Å²) in [6.45, 7) is 0. The van der Waals surface area contributed by atoms with E-state index in [0.717, 1.165) is 0 Å². The first kappa shape index (κ1) is 5.16. The average Bonchev–Trinajstić information content (AvgIpc) is 2.27. The molecular formula is C5H4N5. The molecule has 1 aromatic rings. The Labute approximate surface area is 57.0 Å². The monoisotopic (exact) mass is 134 g/mol. The van der Waals surface area contributed by atoms with Gasteiger partial charge in [0.1, 0.15) is 12.0 Å². The number of fused-ring (bicyclic) bond motifs is 1. The van der Waals surface area contributed by atoms with Crippen molar-refractivity contribution in [3.63, 3.8) is 0 Å². The molecule has 49 valence electrons. The molecule has 1 aromatic heterocycles. The van der Waals surface area contributed by atoms with Gasteiger partial charge in [-0.2, -0.15) is 5.32 Å². The standard InChI is InChI=1S/C5H4N5/c6-5-9-3-1-7-2-8-4(3)10-5/h1-2H,(H2,6,9). The van der Waals surface area contributed by atoms with Crippen LogP contribution in [-0.2, 0) is 0 Å². The summed E-state index contributed by atoms with van der Waals surface area (Å²) >= 11 is 0. The molecule has 1 radical (unpaired) electrons. The highest BCUT2D eigenvalue weighted by atomic mass is 15.2. The van der Waals surface area contributed by atoms with Gasteiger partial charge in [0, 0.05) is 0 Å². The molecule has 0 fully saturated rings. The molecule has 2 N–H and O–H groups in total. The molecule has 0 aromatic carbocycles. The first-order chi connectivity index (χ1) is 4.86. The van der Waals surface area contributed by atoms with E-state index in [1.807, 2.05) is 0 Å². The van der Waals surface area contributed by atoms with Crippen LogP contribution in [0.4, 0.5) is 11.5 Å². The van der Waals surface area contributed by atoms with Crippen molar-refractivity contribution in [1.82, 2.24) is 15.3 Å². The fraction of sp³-hybridized carbons (Fsp3) is 0. The van der Waals surface area contributed by atoms with E-state index in [1.165, 1.54) is 6.33 Å². The highest BCUT2D eigenvalue weighted by molar-refractivity contribution is 5.91. The molecule has 0 aliphatic carbocycles. The van der Waals surface area contributed by atoms with Crippen molar-refractivity contribution in [3.8, 4) is 0 Å². The van der Waals surface area contributed by atoms with Crippen molar-refractivity contribution in [2.24, 2.45) is 10.7 Å². The lowest BCUT2D eigenvalue weighted by molar-refractivity contribution is 1.11. The highest BCUT2D eigenvalue weighted by Gasteiger charge is 2.12. The predicted molar refractivity (Wildman–Crippen MR) is 35.1 cm³/mol. The second-order valence-electron chi connectivity index (χ2n) is 1.81. The molecule has 5 heteroatoms. The third-order valence-electron chi connectivity index (χ3n) is 1.13. The maximum atomic E-state index is 5.30. The Morgan fingerprint density at radius 1 is 1.40 bits per heavy atom. The van der Waals surface area contributed by atoms with E-state index in [0.29, 0.717) is 11.5 Å². The highest BCUT2D eigenvalue weighted by Crippen LogP contribution is 2.24. The summed E-state index contributed by atoms with van der Waals surface area (Å²) in [5.74, 6) is 0.794. The molecule has 2 rings (SSSR count). The van der Waals surface area contributed by atoms with Gasteiger partial charge >= 0.3 is 0 Å². The topological polar surface area (TPSA) is 78.3 Å². The zero-order valence-electron chi connectivity index (χ0n) is 5.02. The van der Waals surface area contributed by atoms with E-state index in [1.54, 1.807) is 6.20 Å². The Bertz CT molecular complexity index is 292. The lowest BCUT2D eigenvalue weighted by Gasteiger charge is -1.89. The van der Waals surface area contributed by atoms with Crippen molar-refractivity contribution >= 4 is 17.5 Å². The molecule has 0 saturated heterocycles. The van der Waals surface area contributed by atoms with E-state index in [4.69, 9.17) is 5.73 Å². The lowest BCUT2D eigenvalue weighted by atomic mass is 10.5. The van der Waals surface area contributed by atoms with Crippen molar-refractivity contribution in [1.29, 1.82) is 0 Å². The van der Waals surface area contributed by atoms with Crippen LogP contribution in [0.15, 0.2) is 17.5 Å². The molecule has 10 heavy (non-hydrogen) atoms. The third-order valence-corrected chi connectivity index (χ3v) is 1.13. The number of hydrogen-bond donors (Lipinski definition) is 1. The van der Waals surface area contributed by atoms with Gasteiger partial charge in [-0.05, 0) is 0 Å². The van der Waals surface area contributed by atoms with Gasteiger partial charge in [0.15, 0.2) is 5.82 Å². The summed E-state index contributed by atoms with van der Waals surface area (Å²) in [7, 11) is 0. The smallest absolute Gasteiger partial charge is 0.222 e.